The number of aromatic nitrogens is 1. The molecule has 4 nitrogen and oxygen atoms in total. The summed E-state index contributed by atoms with van der Waals surface area (Å²) in [4.78, 5) is 18.9. The summed E-state index contributed by atoms with van der Waals surface area (Å²) in [5.74, 6) is 6.82. The van der Waals surface area contributed by atoms with E-state index >= 15 is 0 Å². The third-order valence-corrected chi connectivity index (χ3v) is 6.15. The second-order valence-corrected chi connectivity index (χ2v) is 8.49. The van der Waals surface area contributed by atoms with Crippen molar-refractivity contribution in [2.75, 3.05) is 7.11 Å². The summed E-state index contributed by atoms with van der Waals surface area (Å²) in [6, 6.07) is 18.2. The summed E-state index contributed by atoms with van der Waals surface area (Å²) in [6.07, 6.45) is 4.32. The average molecular weight is 465 g/mol. The van der Waals surface area contributed by atoms with Gasteiger partial charge in [0.1, 0.15) is 0 Å². The summed E-state index contributed by atoms with van der Waals surface area (Å²) in [5.41, 5.74) is 2.25. The predicted octanol–water partition coefficient (Wildman–Crippen LogP) is 6.27. The number of hydrogen-bond acceptors (Lipinski definition) is 2. The molecule has 1 amide bonds. The number of hydrogen-bond donors (Lipinski definition) is 0. The van der Waals surface area contributed by atoms with Gasteiger partial charge in [-0.1, -0.05) is 77.5 Å². The topological polar surface area (TPSA) is 34.5 Å². The summed E-state index contributed by atoms with van der Waals surface area (Å²) in [6.45, 7) is 2.15. The van der Waals surface area contributed by atoms with Gasteiger partial charge in [0.25, 0.3) is 0 Å². The molecule has 2 heterocycles. The van der Waals surface area contributed by atoms with Crippen molar-refractivity contribution in [2.45, 2.75) is 44.6 Å². The molecule has 0 bridgehead atoms. The van der Waals surface area contributed by atoms with Crippen LogP contribution in [0.5, 0.6) is 0 Å². The minimum atomic E-state index is -0.774. The third-order valence-electron chi connectivity index (χ3n) is 5.65. The summed E-state index contributed by atoms with van der Waals surface area (Å²) in [5, 5.41) is 2.50. The number of hydroxylamine groups is 2. The first-order chi connectivity index (χ1) is 14.6. The van der Waals surface area contributed by atoms with Gasteiger partial charge in [-0.25, -0.2) is 4.79 Å². The van der Waals surface area contributed by atoms with Crippen LogP contribution in [0.25, 0.3) is 10.9 Å². The van der Waals surface area contributed by atoms with Crippen LogP contribution in [0.15, 0.2) is 59.1 Å². The first-order valence-electron chi connectivity index (χ1n) is 10.3. The minimum Gasteiger partial charge on any atom is -0.271 e. The summed E-state index contributed by atoms with van der Waals surface area (Å²) < 4.78 is 2.69. The molecule has 1 aliphatic rings. The average Bonchev–Trinajstić information content (AvgIpc) is 3.24. The van der Waals surface area contributed by atoms with Crippen molar-refractivity contribution in [2.24, 2.45) is 0 Å². The number of unbranched alkanes of at least 4 members (excludes halogenated alkanes) is 1. The number of fused-ring (bicyclic) bond motifs is 3. The van der Waals surface area contributed by atoms with Gasteiger partial charge in [-0.15, -0.1) is 0 Å². The van der Waals surface area contributed by atoms with E-state index in [1.807, 2.05) is 36.4 Å². The lowest BCUT2D eigenvalue weighted by Crippen LogP contribution is -2.42. The molecule has 1 atom stereocenters. The van der Waals surface area contributed by atoms with E-state index < -0.39 is 5.54 Å². The molecule has 30 heavy (non-hydrogen) atoms. The molecule has 0 aliphatic carbocycles. The van der Waals surface area contributed by atoms with Crippen LogP contribution in [0.1, 0.15) is 43.9 Å². The zero-order chi connectivity index (χ0) is 21.1. The number of carbonyl (C=O) groups excluding carboxylic acids is 1. The molecule has 4 rings (SSSR count). The predicted molar refractivity (Wildman–Crippen MR) is 123 cm³/mol. The molecule has 0 radical (unpaired) electrons. The fourth-order valence-corrected chi connectivity index (χ4v) is 4.53. The minimum absolute atomic E-state index is 0.186. The lowest BCUT2D eigenvalue weighted by molar-refractivity contribution is -0.134. The molecular formula is C25H25BrN2O2. The maximum Gasteiger partial charge on any atom is 0.354 e. The van der Waals surface area contributed by atoms with Crippen LogP contribution in [-0.4, -0.2) is 22.8 Å². The number of nitrogens with zero attached hydrogens (tertiary/aromatic N) is 2. The maximum atomic E-state index is 13.3. The van der Waals surface area contributed by atoms with Crippen molar-refractivity contribution < 1.29 is 9.63 Å². The zero-order valence-corrected chi connectivity index (χ0v) is 18.9. The van der Waals surface area contributed by atoms with Crippen LogP contribution in [-0.2, 0) is 16.8 Å². The zero-order valence-electron chi connectivity index (χ0n) is 17.3. The molecule has 1 unspecified atom stereocenters. The van der Waals surface area contributed by atoms with Crippen molar-refractivity contribution >= 4 is 32.9 Å². The van der Waals surface area contributed by atoms with E-state index in [1.54, 1.807) is 11.7 Å². The van der Waals surface area contributed by atoms with Crippen LogP contribution in [0.3, 0.4) is 0 Å². The molecule has 3 aromatic rings. The molecule has 2 aromatic carbocycles. The van der Waals surface area contributed by atoms with E-state index in [4.69, 9.17) is 4.84 Å². The highest BCUT2D eigenvalue weighted by Gasteiger charge is 2.50. The van der Waals surface area contributed by atoms with Gasteiger partial charge in [-0.2, -0.15) is 5.06 Å². The molecule has 1 aromatic heterocycles. The summed E-state index contributed by atoms with van der Waals surface area (Å²) >= 11 is 3.52. The molecule has 154 valence electrons. The van der Waals surface area contributed by atoms with E-state index in [2.05, 4.69) is 52.9 Å². The smallest absolute Gasteiger partial charge is 0.271 e. The van der Waals surface area contributed by atoms with Gasteiger partial charge in [-0.05, 0) is 43.0 Å². The van der Waals surface area contributed by atoms with Crippen LogP contribution in [0.2, 0.25) is 0 Å². The normalized spacial score (nSPS) is 17.8. The maximum absolute atomic E-state index is 13.3. The van der Waals surface area contributed by atoms with Crippen molar-refractivity contribution in [3.8, 4) is 11.8 Å². The molecule has 0 spiro atoms. The van der Waals surface area contributed by atoms with E-state index in [9.17, 15) is 4.79 Å². The highest BCUT2D eigenvalue weighted by atomic mass is 79.9. The molecule has 0 saturated carbocycles. The van der Waals surface area contributed by atoms with Crippen LogP contribution in [0.4, 0.5) is 4.79 Å². The Morgan fingerprint density at radius 2 is 1.93 bits per heavy atom. The number of amides is 1. The van der Waals surface area contributed by atoms with Crippen molar-refractivity contribution in [1.82, 2.24) is 9.63 Å². The van der Waals surface area contributed by atoms with E-state index in [0.29, 0.717) is 0 Å². The van der Waals surface area contributed by atoms with Gasteiger partial charge < -0.3 is 0 Å². The standard InChI is InChI=1S/C25H25BrN2O2/c1-3-4-15-25(16-9-8-12-19-10-6-5-7-11-19)23-17-20-13-14-21(26)18-22(20)27(23)24(29)28(25)30-2/h5-7,10-11,13-14,17-18H,3-4,8,12,15H2,1-2H3. The van der Waals surface area contributed by atoms with Gasteiger partial charge in [-0.3, -0.25) is 9.40 Å². The van der Waals surface area contributed by atoms with Crippen molar-refractivity contribution in [3.05, 3.63) is 70.3 Å². The Kier molecular flexibility index (Phi) is 5.99. The van der Waals surface area contributed by atoms with Crippen molar-refractivity contribution in [3.63, 3.8) is 0 Å². The first-order valence-corrected chi connectivity index (χ1v) is 11.1. The van der Waals surface area contributed by atoms with Crippen LogP contribution >= 0.6 is 15.9 Å². The first kappa shape index (κ1) is 20.7. The number of rotatable bonds is 6. The fraction of sp³-hybridized carbons (Fsp3) is 0.320. The lowest BCUT2D eigenvalue weighted by Gasteiger charge is -2.31. The SMILES string of the molecule is CCCCC1(C#CCCc2ccccc2)c2cc3ccc(Br)cc3n2C(=O)N1OC. The van der Waals surface area contributed by atoms with Crippen LogP contribution < -0.4 is 0 Å². The number of benzene rings is 2. The molecule has 0 saturated heterocycles. The quantitative estimate of drug-likeness (QED) is 0.402. The highest BCUT2D eigenvalue weighted by molar-refractivity contribution is 9.10. The van der Waals surface area contributed by atoms with E-state index in [0.717, 1.165) is 53.2 Å². The Morgan fingerprint density at radius 3 is 2.67 bits per heavy atom. The van der Waals surface area contributed by atoms with E-state index in [1.165, 1.54) is 10.6 Å². The van der Waals surface area contributed by atoms with Gasteiger partial charge >= 0.3 is 6.03 Å². The highest BCUT2D eigenvalue weighted by Crippen LogP contribution is 2.43. The second-order valence-electron chi connectivity index (χ2n) is 7.58. The van der Waals surface area contributed by atoms with Gasteiger partial charge in [0.15, 0.2) is 5.54 Å². The third kappa shape index (κ3) is 3.55. The molecule has 5 heteroatoms. The Hall–Kier alpha value is -2.55. The number of aryl methyl sites for hydroxylation is 1. The van der Waals surface area contributed by atoms with Crippen molar-refractivity contribution in [1.29, 1.82) is 0 Å². The van der Waals surface area contributed by atoms with Crippen LogP contribution in [0, 0.1) is 11.8 Å². The number of carbonyl (C=O) groups is 1. The van der Waals surface area contributed by atoms with Gasteiger partial charge in [0.2, 0.25) is 0 Å². The number of halogens is 1. The fourth-order valence-electron chi connectivity index (χ4n) is 4.18. The monoisotopic (exact) mass is 464 g/mol. The molecule has 0 fully saturated rings. The Balaban J connectivity index is 1.77. The lowest BCUT2D eigenvalue weighted by atomic mass is 9.89. The Bertz CT molecular complexity index is 1130. The van der Waals surface area contributed by atoms with Gasteiger partial charge in [0, 0.05) is 16.3 Å². The molecular weight excluding hydrogens is 440 g/mol. The largest absolute Gasteiger partial charge is 0.354 e. The molecule has 1 aliphatic heterocycles. The summed E-state index contributed by atoms with van der Waals surface area (Å²) in [7, 11) is 1.55. The second kappa shape index (κ2) is 8.67. The van der Waals surface area contributed by atoms with Gasteiger partial charge in [0.05, 0.1) is 18.3 Å². The Labute approximate surface area is 185 Å². The Morgan fingerprint density at radius 1 is 1.13 bits per heavy atom. The molecule has 0 N–H and O–H groups in total. The van der Waals surface area contributed by atoms with E-state index in [-0.39, 0.29) is 6.03 Å².